The van der Waals surface area contributed by atoms with Crippen molar-refractivity contribution >= 4 is 0 Å². The number of hydrogen-bond acceptors (Lipinski definition) is 3. The molecule has 1 aromatic rings. The van der Waals surface area contributed by atoms with E-state index in [1.165, 1.54) is 11.0 Å². The Balaban J connectivity index is 2.82. The molecule has 0 aliphatic carbocycles. The third-order valence-corrected chi connectivity index (χ3v) is 1.01. The zero-order chi connectivity index (χ0) is 7.40. The lowest BCUT2D eigenvalue weighted by molar-refractivity contribution is 0.424. The number of nitrogens with zero attached hydrogens (tertiary/aromatic N) is 4. The summed E-state index contributed by atoms with van der Waals surface area (Å²) in [5.41, 5.74) is 0. The highest BCUT2D eigenvalue weighted by Gasteiger charge is 1.99. The van der Waals surface area contributed by atoms with Crippen LogP contribution in [0.1, 0.15) is 5.82 Å². The smallest absolute Gasteiger partial charge is 0.230 e. The predicted molar refractivity (Wildman–Crippen MR) is 30.7 cm³/mol. The van der Waals surface area contributed by atoms with Crippen LogP contribution in [-0.2, 0) is 6.54 Å². The molecule has 0 atom stereocenters. The highest BCUT2D eigenvalue weighted by molar-refractivity contribution is 5.07. The third-order valence-electron chi connectivity index (χ3n) is 1.01. The van der Waals surface area contributed by atoms with Crippen molar-refractivity contribution in [1.29, 1.82) is 5.26 Å². The molecule has 10 heavy (non-hydrogen) atoms. The van der Waals surface area contributed by atoms with Crippen molar-refractivity contribution < 1.29 is 4.39 Å². The number of alkyl halides is 1. The van der Waals surface area contributed by atoms with Gasteiger partial charge in [0.25, 0.3) is 0 Å². The fraction of sp³-hybridized carbons (Fsp3) is 0.400. The van der Waals surface area contributed by atoms with Gasteiger partial charge in [-0.1, -0.05) is 0 Å². The standard InChI is InChI=1S/C5H5FN4/c6-1-2-10-5(3-7)8-4-9-10/h4H,1-2H2. The topological polar surface area (TPSA) is 54.5 Å². The van der Waals surface area contributed by atoms with Crippen LogP contribution in [0.4, 0.5) is 4.39 Å². The Labute approximate surface area is 56.9 Å². The average Bonchev–Trinajstić information content (AvgIpc) is 2.36. The molecule has 5 heteroatoms. The summed E-state index contributed by atoms with van der Waals surface area (Å²) in [7, 11) is 0. The summed E-state index contributed by atoms with van der Waals surface area (Å²) in [5.74, 6) is 0.151. The van der Waals surface area contributed by atoms with Gasteiger partial charge in [0.1, 0.15) is 19.1 Å². The molecule has 0 fully saturated rings. The fourth-order valence-electron chi connectivity index (χ4n) is 0.594. The maximum atomic E-state index is 11.7. The predicted octanol–water partition coefficient (Wildman–Crippen LogP) is 0.119. The van der Waals surface area contributed by atoms with Crippen molar-refractivity contribution in [2.75, 3.05) is 6.67 Å². The second-order valence-electron chi connectivity index (χ2n) is 1.61. The van der Waals surface area contributed by atoms with Gasteiger partial charge in [-0.25, -0.2) is 14.1 Å². The molecular formula is C5H5FN4. The number of halogens is 1. The molecule has 1 rings (SSSR count). The van der Waals surface area contributed by atoms with E-state index in [-0.39, 0.29) is 12.4 Å². The van der Waals surface area contributed by atoms with Gasteiger partial charge in [-0.15, -0.1) is 0 Å². The Kier molecular flexibility index (Phi) is 1.95. The van der Waals surface area contributed by atoms with Gasteiger partial charge < -0.3 is 0 Å². The Morgan fingerprint density at radius 3 is 3.20 bits per heavy atom. The van der Waals surface area contributed by atoms with E-state index in [4.69, 9.17) is 5.26 Å². The maximum absolute atomic E-state index is 11.7. The molecule has 0 aromatic carbocycles. The van der Waals surface area contributed by atoms with E-state index >= 15 is 0 Å². The van der Waals surface area contributed by atoms with Crippen molar-refractivity contribution in [2.24, 2.45) is 0 Å². The Morgan fingerprint density at radius 2 is 2.60 bits per heavy atom. The molecule has 0 aliphatic heterocycles. The number of aromatic nitrogens is 3. The first kappa shape index (κ1) is 6.68. The van der Waals surface area contributed by atoms with Crippen molar-refractivity contribution in [1.82, 2.24) is 14.8 Å². The van der Waals surface area contributed by atoms with Gasteiger partial charge in [0.15, 0.2) is 0 Å². The molecule has 0 bridgehead atoms. The zero-order valence-electron chi connectivity index (χ0n) is 5.16. The average molecular weight is 140 g/mol. The lowest BCUT2D eigenvalue weighted by atomic mass is 10.6. The monoisotopic (exact) mass is 140 g/mol. The Morgan fingerprint density at radius 1 is 1.80 bits per heavy atom. The van der Waals surface area contributed by atoms with Gasteiger partial charge in [0.05, 0.1) is 6.54 Å². The summed E-state index contributed by atoms with van der Waals surface area (Å²) < 4.78 is 12.9. The minimum Gasteiger partial charge on any atom is -0.249 e. The van der Waals surface area contributed by atoms with E-state index in [1.807, 2.05) is 0 Å². The molecule has 4 nitrogen and oxygen atoms in total. The van der Waals surface area contributed by atoms with Crippen LogP contribution in [0.25, 0.3) is 0 Å². The first-order valence-corrected chi connectivity index (χ1v) is 2.72. The largest absolute Gasteiger partial charge is 0.249 e. The summed E-state index contributed by atoms with van der Waals surface area (Å²) in [5, 5.41) is 12.0. The van der Waals surface area contributed by atoms with Crippen molar-refractivity contribution in [3.8, 4) is 6.07 Å². The van der Waals surface area contributed by atoms with Gasteiger partial charge >= 0.3 is 0 Å². The molecule has 1 aromatic heterocycles. The molecule has 0 amide bonds. The first-order chi connectivity index (χ1) is 4.88. The molecule has 0 spiro atoms. The molecule has 0 saturated heterocycles. The maximum Gasteiger partial charge on any atom is 0.230 e. The van der Waals surface area contributed by atoms with Crippen LogP contribution in [0.2, 0.25) is 0 Å². The van der Waals surface area contributed by atoms with Crippen LogP contribution in [0.5, 0.6) is 0 Å². The van der Waals surface area contributed by atoms with Crippen molar-refractivity contribution in [2.45, 2.75) is 6.54 Å². The summed E-state index contributed by atoms with van der Waals surface area (Å²) in [4.78, 5) is 3.58. The van der Waals surface area contributed by atoms with Crippen LogP contribution in [0, 0.1) is 11.3 Å². The molecule has 1 heterocycles. The van der Waals surface area contributed by atoms with Gasteiger partial charge in [0, 0.05) is 0 Å². The minimum atomic E-state index is -0.530. The summed E-state index contributed by atoms with van der Waals surface area (Å²) in [6.07, 6.45) is 1.23. The van der Waals surface area contributed by atoms with E-state index < -0.39 is 6.67 Å². The Hall–Kier alpha value is -1.44. The van der Waals surface area contributed by atoms with E-state index in [0.29, 0.717) is 0 Å². The van der Waals surface area contributed by atoms with E-state index in [9.17, 15) is 4.39 Å². The summed E-state index contributed by atoms with van der Waals surface area (Å²) >= 11 is 0. The quantitative estimate of drug-likeness (QED) is 0.586. The molecule has 0 radical (unpaired) electrons. The van der Waals surface area contributed by atoms with E-state index in [2.05, 4.69) is 10.1 Å². The van der Waals surface area contributed by atoms with Gasteiger partial charge in [-0.3, -0.25) is 0 Å². The first-order valence-electron chi connectivity index (χ1n) is 2.72. The van der Waals surface area contributed by atoms with Gasteiger partial charge in [-0.2, -0.15) is 10.4 Å². The van der Waals surface area contributed by atoms with Crippen LogP contribution in [0.15, 0.2) is 6.33 Å². The molecule has 0 saturated carbocycles. The molecule has 0 unspecified atom stereocenters. The van der Waals surface area contributed by atoms with Crippen LogP contribution < -0.4 is 0 Å². The molecule has 0 aliphatic rings. The lowest BCUT2D eigenvalue weighted by Crippen LogP contribution is -2.04. The molecule has 52 valence electrons. The number of hydrogen-bond donors (Lipinski definition) is 0. The van der Waals surface area contributed by atoms with Gasteiger partial charge in [-0.05, 0) is 0 Å². The fourth-order valence-corrected chi connectivity index (χ4v) is 0.594. The van der Waals surface area contributed by atoms with Crippen LogP contribution in [0.3, 0.4) is 0 Å². The highest BCUT2D eigenvalue weighted by Crippen LogP contribution is 1.90. The molecular weight excluding hydrogens is 135 g/mol. The van der Waals surface area contributed by atoms with E-state index in [1.54, 1.807) is 6.07 Å². The summed E-state index contributed by atoms with van der Waals surface area (Å²) in [6.45, 7) is -0.430. The van der Waals surface area contributed by atoms with Gasteiger partial charge in [0.2, 0.25) is 5.82 Å². The minimum absolute atomic E-state index is 0.100. The Bertz CT molecular complexity index is 248. The second-order valence-corrected chi connectivity index (χ2v) is 1.61. The van der Waals surface area contributed by atoms with Crippen molar-refractivity contribution in [3.05, 3.63) is 12.2 Å². The van der Waals surface area contributed by atoms with Crippen molar-refractivity contribution in [3.63, 3.8) is 0 Å². The SMILES string of the molecule is N#Cc1ncnn1CCF. The normalized spacial score (nSPS) is 9.20. The number of nitriles is 1. The van der Waals surface area contributed by atoms with Crippen LogP contribution in [-0.4, -0.2) is 21.4 Å². The second kappa shape index (κ2) is 2.92. The van der Waals surface area contributed by atoms with Crippen LogP contribution >= 0.6 is 0 Å². The lowest BCUT2D eigenvalue weighted by Gasteiger charge is -1.93. The summed E-state index contributed by atoms with van der Waals surface area (Å²) in [6, 6.07) is 1.78. The number of aryl methyl sites for hydroxylation is 1. The highest BCUT2D eigenvalue weighted by atomic mass is 19.1. The van der Waals surface area contributed by atoms with E-state index in [0.717, 1.165) is 0 Å². The zero-order valence-corrected chi connectivity index (χ0v) is 5.16. The third kappa shape index (κ3) is 1.10. The number of rotatable bonds is 2. The molecule has 0 N–H and O–H groups in total.